The summed E-state index contributed by atoms with van der Waals surface area (Å²) in [7, 11) is 0. The highest BCUT2D eigenvalue weighted by Crippen LogP contribution is 2.63. The number of morpholine rings is 1. The van der Waals surface area contributed by atoms with Crippen LogP contribution in [0.3, 0.4) is 0 Å². The van der Waals surface area contributed by atoms with Gasteiger partial charge in [0.15, 0.2) is 0 Å². The number of aliphatic hydroxyl groups excluding tert-OH is 1. The summed E-state index contributed by atoms with van der Waals surface area (Å²) in [6.07, 6.45) is 3.26. The van der Waals surface area contributed by atoms with E-state index in [0.29, 0.717) is 52.1 Å². The summed E-state index contributed by atoms with van der Waals surface area (Å²) in [5, 5.41) is 20.5. The molecule has 4 aliphatic heterocycles. The molecule has 1 spiro atoms. The maximum Gasteiger partial charge on any atom is 0.310 e. The number of rotatable bonds is 11. The van der Waals surface area contributed by atoms with Crippen LogP contribution in [0.25, 0.3) is 0 Å². The zero-order chi connectivity index (χ0) is 26.3. The number of aliphatic hydroxyl groups is 1. The van der Waals surface area contributed by atoms with Crippen molar-refractivity contribution in [3.8, 4) is 0 Å². The Morgan fingerprint density at radius 3 is 2.58 bits per heavy atom. The molecule has 4 saturated heterocycles. The van der Waals surface area contributed by atoms with Gasteiger partial charge in [0, 0.05) is 32.7 Å². The second-order valence-corrected chi connectivity index (χ2v) is 11.0. The van der Waals surface area contributed by atoms with E-state index in [1.165, 1.54) is 4.90 Å². The topological polar surface area (TPSA) is 120 Å². The summed E-state index contributed by atoms with van der Waals surface area (Å²) in [6, 6.07) is -1.59. The van der Waals surface area contributed by atoms with Gasteiger partial charge in [-0.1, -0.05) is 26.3 Å². The molecule has 0 aromatic carbocycles. The quantitative estimate of drug-likeness (QED) is 0.390. The Bertz CT molecular complexity index is 878. The molecule has 4 aliphatic rings. The highest BCUT2D eigenvalue weighted by atomic mass is 16.5. The van der Waals surface area contributed by atoms with E-state index in [9.17, 15) is 24.6 Å². The van der Waals surface area contributed by atoms with Crippen molar-refractivity contribution in [1.29, 1.82) is 0 Å². The van der Waals surface area contributed by atoms with E-state index >= 15 is 0 Å². The third-order valence-electron chi connectivity index (χ3n) is 9.01. The first-order chi connectivity index (χ1) is 17.1. The van der Waals surface area contributed by atoms with Crippen molar-refractivity contribution in [3.63, 3.8) is 0 Å². The summed E-state index contributed by atoms with van der Waals surface area (Å²) >= 11 is 0. The Morgan fingerprint density at radius 2 is 2.00 bits per heavy atom. The second kappa shape index (κ2) is 10.4. The van der Waals surface area contributed by atoms with Gasteiger partial charge in [0.1, 0.15) is 11.6 Å². The fourth-order valence-corrected chi connectivity index (χ4v) is 6.90. The zero-order valence-electron chi connectivity index (χ0n) is 21.7. The Morgan fingerprint density at radius 1 is 1.31 bits per heavy atom. The molecule has 202 valence electrons. The minimum atomic E-state index is -1.22. The Kier molecular flexibility index (Phi) is 7.81. The van der Waals surface area contributed by atoms with E-state index in [2.05, 4.69) is 11.5 Å². The molecule has 4 rings (SSSR count). The number of carboxylic acid groups (broad SMARTS) is 1. The Hall–Kier alpha value is -2.01. The van der Waals surface area contributed by atoms with Crippen LogP contribution in [0.5, 0.6) is 0 Å². The smallest absolute Gasteiger partial charge is 0.310 e. The monoisotopic (exact) mass is 507 g/mol. The second-order valence-electron chi connectivity index (χ2n) is 11.0. The fourth-order valence-electron chi connectivity index (χ4n) is 6.90. The largest absolute Gasteiger partial charge is 0.481 e. The van der Waals surface area contributed by atoms with E-state index in [4.69, 9.17) is 9.47 Å². The van der Waals surface area contributed by atoms with Crippen LogP contribution in [0.2, 0.25) is 0 Å². The van der Waals surface area contributed by atoms with E-state index in [1.807, 2.05) is 13.8 Å². The molecule has 0 radical (unpaired) electrons. The van der Waals surface area contributed by atoms with Crippen molar-refractivity contribution in [2.45, 2.75) is 63.3 Å². The van der Waals surface area contributed by atoms with Gasteiger partial charge < -0.3 is 29.5 Å². The predicted octanol–water partition coefficient (Wildman–Crippen LogP) is 0.590. The molecule has 2 amide bonds. The molecule has 0 aromatic rings. The molecular formula is C26H41N3O7. The number of hydrogen-bond donors (Lipinski definition) is 2. The van der Waals surface area contributed by atoms with Gasteiger partial charge in [-0.15, -0.1) is 6.58 Å². The van der Waals surface area contributed by atoms with Crippen molar-refractivity contribution in [1.82, 2.24) is 14.7 Å². The van der Waals surface area contributed by atoms with Crippen LogP contribution in [0.15, 0.2) is 12.7 Å². The summed E-state index contributed by atoms with van der Waals surface area (Å²) < 4.78 is 11.9. The van der Waals surface area contributed by atoms with Crippen LogP contribution in [0.1, 0.15) is 40.0 Å². The van der Waals surface area contributed by atoms with Crippen LogP contribution in [-0.4, -0.2) is 119 Å². The molecule has 2 N–H and O–H groups in total. The van der Waals surface area contributed by atoms with Crippen molar-refractivity contribution < 1.29 is 34.1 Å². The number of carbonyl (C=O) groups is 3. The first-order valence-corrected chi connectivity index (χ1v) is 13.2. The maximum absolute atomic E-state index is 14.3. The molecule has 36 heavy (non-hydrogen) atoms. The van der Waals surface area contributed by atoms with Crippen molar-refractivity contribution in [3.05, 3.63) is 12.7 Å². The molecule has 10 nitrogen and oxygen atoms in total. The normalized spacial score (nSPS) is 35.5. The number of aliphatic carboxylic acids is 1. The van der Waals surface area contributed by atoms with Crippen LogP contribution < -0.4 is 0 Å². The van der Waals surface area contributed by atoms with Gasteiger partial charge in [-0.3, -0.25) is 19.3 Å². The van der Waals surface area contributed by atoms with Crippen LogP contribution in [0.4, 0.5) is 0 Å². The van der Waals surface area contributed by atoms with Gasteiger partial charge >= 0.3 is 5.97 Å². The highest BCUT2D eigenvalue weighted by molar-refractivity contribution is 5.98. The summed E-state index contributed by atoms with van der Waals surface area (Å²) in [5.74, 6) is -3.81. The number of carboxylic acids is 1. The van der Waals surface area contributed by atoms with Gasteiger partial charge in [0.05, 0.1) is 43.3 Å². The van der Waals surface area contributed by atoms with Gasteiger partial charge in [0.25, 0.3) is 0 Å². The summed E-state index contributed by atoms with van der Waals surface area (Å²) in [6.45, 7) is 13.5. The number of ether oxygens (including phenoxy) is 2. The van der Waals surface area contributed by atoms with E-state index in [0.717, 1.165) is 13.1 Å². The van der Waals surface area contributed by atoms with Gasteiger partial charge in [0.2, 0.25) is 11.8 Å². The van der Waals surface area contributed by atoms with Crippen LogP contribution in [0, 0.1) is 17.8 Å². The van der Waals surface area contributed by atoms with Gasteiger partial charge in [-0.05, 0) is 25.7 Å². The fraction of sp³-hybridized carbons (Fsp3) is 0.808. The number of fused-ring (bicyclic) bond motifs is 1. The Balaban J connectivity index is 1.71. The van der Waals surface area contributed by atoms with E-state index in [-0.39, 0.29) is 18.4 Å². The molecule has 0 saturated carbocycles. The number of amides is 2. The van der Waals surface area contributed by atoms with Crippen molar-refractivity contribution in [2.75, 3.05) is 52.5 Å². The predicted molar refractivity (Wildman–Crippen MR) is 131 cm³/mol. The van der Waals surface area contributed by atoms with Crippen molar-refractivity contribution in [2.24, 2.45) is 17.8 Å². The SMILES string of the molecule is C=CCN(CCN1CCOCC1)C(=O)C1N([C@@H](CO)[C@@H](C)CC)C(=O)[C@@H]2[C@H](C(=O)O)[C@]3(C)CCC12O3. The zero-order valence-corrected chi connectivity index (χ0v) is 21.7. The molecule has 2 unspecified atom stereocenters. The lowest BCUT2D eigenvalue weighted by Crippen LogP contribution is -2.60. The number of likely N-dealkylation sites (tertiary alicyclic amines) is 1. The average molecular weight is 508 g/mol. The molecular weight excluding hydrogens is 466 g/mol. The first kappa shape index (κ1) is 27.0. The molecule has 7 atom stereocenters. The molecule has 4 heterocycles. The highest BCUT2D eigenvalue weighted by Gasteiger charge is 2.79. The average Bonchev–Trinajstić information content (AvgIpc) is 3.43. The number of carbonyl (C=O) groups excluding carboxylic acids is 2. The van der Waals surface area contributed by atoms with Crippen molar-refractivity contribution >= 4 is 17.8 Å². The summed E-state index contributed by atoms with van der Waals surface area (Å²) in [4.78, 5) is 46.2. The minimum Gasteiger partial charge on any atom is -0.481 e. The molecule has 4 fully saturated rings. The van der Waals surface area contributed by atoms with Gasteiger partial charge in [-0.25, -0.2) is 0 Å². The number of nitrogens with zero attached hydrogens (tertiary/aromatic N) is 3. The minimum absolute atomic E-state index is 0.0817. The number of hydrogen-bond acceptors (Lipinski definition) is 7. The van der Waals surface area contributed by atoms with E-state index in [1.54, 1.807) is 17.9 Å². The third-order valence-corrected chi connectivity index (χ3v) is 9.01. The van der Waals surface area contributed by atoms with E-state index < -0.39 is 47.0 Å². The molecule has 10 heteroatoms. The van der Waals surface area contributed by atoms with Crippen LogP contribution >= 0.6 is 0 Å². The Labute approximate surface area is 213 Å². The lowest BCUT2D eigenvalue weighted by Gasteiger charge is -2.41. The lowest BCUT2D eigenvalue weighted by atomic mass is 9.66. The van der Waals surface area contributed by atoms with Gasteiger partial charge in [-0.2, -0.15) is 0 Å². The third kappa shape index (κ3) is 4.25. The maximum atomic E-state index is 14.3. The lowest BCUT2D eigenvalue weighted by molar-refractivity contribution is -0.159. The first-order valence-electron chi connectivity index (χ1n) is 13.2. The molecule has 0 aromatic heterocycles. The molecule has 2 bridgehead atoms. The molecule has 0 aliphatic carbocycles. The summed E-state index contributed by atoms with van der Waals surface area (Å²) in [5.41, 5.74) is -2.22. The standard InChI is InChI=1S/C26H41N3O7/c1-5-9-28(11-10-27-12-14-35-15-13-27)23(32)21-26-8-7-25(4,36-26)20(24(33)34)19(26)22(31)29(21)18(16-30)17(3)6-2/h5,17-21,30H,1,6-16H2,2-4H3,(H,33,34)/t17-,18-,19-,20+,21?,25-,26?/m0/s1. The van der Waals surface area contributed by atoms with Crippen LogP contribution in [-0.2, 0) is 23.9 Å².